The number of nitro benzene ring substituents is 1. The minimum atomic E-state index is -1.34. The van der Waals surface area contributed by atoms with Crippen molar-refractivity contribution in [3.8, 4) is 11.5 Å². The number of nitro groups is 1. The van der Waals surface area contributed by atoms with E-state index in [-0.39, 0.29) is 22.8 Å². The van der Waals surface area contributed by atoms with Crippen LogP contribution >= 0.6 is 0 Å². The van der Waals surface area contributed by atoms with E-state index in [1.165, 1.54) is 12.1 Å². The molecule has 3 N–H and O–H groups in total. The van der Waals surface area contributed by atoms with Crippen LogP contribution < -0.4 is 5.73 Å². The van der Waals surface area contributed by atoms with Gasteiger partial charge in [-0.25, -0.2) is 4.79 Å². The van der Waals surface area contributed by atoms with Crippen LogP contribution in [0.2, 0.25) is 0 Å². The van der Waals surface area contributed by atoms with E-state index in [0.717, 1.165) is 6.07 Å². The average molecular weight is 250 g/mol. The molecule has 0 amide bonds. The summed E-state index contributed by atoms with van der Waals surface area (Å²) in [6.07, 6.45) is 0. The van der Waals surface area contributed by atoms with Crippen molar-refractivity contribution < 1.29 is 19.3 Å². The van der Waals surface area contributed by atoms with Crippen molar-refractivity contribution in [2.45, 2.75) is 0 Å². The van der Waals surface area contributed by atoms with Gasteiger partial charge in [0, 0.05) is 12.1 Å². The molecule has 0 unspecified atom stereocenters. The number of hydrogen-bond acceptors (Lipinski definition) is 7. The summed E-state index contributed by atoms with van der Waals surface area (Å²) in [6.45, 7) is 0. The SMILES string of the molecule is Nc1cc([N+](=O)[O-])ccc1-c1nc(C(=O)O)no1. The van der Waals surface area contributed by atoms with Gasteiger partial charge >= 0.3 is 5.97 Å². The van der Waals surface area contributed by atoms with E-state index < -0.39 is 16.7 Å². The fourth-order valence-electron chi connectivity index (χ4n) is 1.28. The fraction of sp³-hybridized carbons (Fsp3) is 0. The molecule has 0 radical (unpaired) electrons. The molecule has 0 fully saturated rings. The number of rotatable bonds is 3. The number of non-ortho nitro benzene ring substituents is 1. The number of aromatic carboxylic acids is 1. The summed E-state index contributed by atoms with van der Waals surface area (Å²) in [5.74, 6) is -1.96. The molecule has 2 rings (SSSR count). The Morgan fingerprint density at radius 1 is 1.50 bits per heavy atom. The molecule has 18 heavy (non-hydrogen) atoms. The normalized spacial score (nSPS) is 10.2. The lowest BCUT2D eigenvalue weighted by Gasteiger charge is -1.99. The average Bonchev–Trinajstić information content (AvgIpc) is 2.78. The molecule has 92 valence electrons. The summed E-state index contributed by atoms with van der Waals surface area (Å²) in [4.78, 5) is 24.1. The largest absolute Gasteiger partial charge is 0.475 e. The maximum atomic E-state index is 10.6. The van der Waals surface area contributed by atoms with Crippen molar-refractivity contribution in [2.75, 3.05) is 5.73 Å². The van der Waals surface area contributed by atoms with Crippen LogP contribution in [0.5, 0.6) is 0 Å². The molecule has 1 aromatic carbocycles. The van der Waals surface area contributed by atoms with E-state index in [1.807, 2.05) is 0 Å². The second kappa shape index (κ2) is 4.13. The van der Waals surface area contributed by atoms with Crippen molar-refractivity contribution in [1.29, 1.82) is 0 Å². The number of carboxylic acids is 1. The maximum absolute atomic E-state index is 10.6. The highest BCUT2D eigenvalue weighted by Gasteiger charge is 2.17. The van der Waals surface area contributed by atoms with E-state index >= 15 is 0 Å². The monoisotopic (exact) mass is 250 g/mol. The van der Waals surface area contributed by atoms with Gasteiger partial charge in [-0.05, 0) is 11.2 Å². The lowest BCUT2D eigenvalue weighted by atomic mass is 10.1. The molecule has 9 nitrogen and oxygen atoms in total. The zero-order chi connectivity index (χ0) is 13.3. The van der Waals surface area contributed by atoms with Crippen LogP contribution in [-0.2, 0) is 0 Å². The van der Waals surface area contributed by atoms with Gasteiger partial charge in [0.25, 0.3) is 17.4 Å². The number of benzene rings is 1. The molecule has 1 aromatic heterocycles. The Bertz CT molecular complexity index is 636. The molecule has 0 spiro atoms. The molecule has 0 aliphatic heterocycles. The summed E-state index contributed by atoms with van der Waals surface area (Å²) < 4.78 is 4.70. The fourth-order valence-corrected chi connectivity index (χ4v) is 1.28. The first-order valence-corrected chi connectivity index (χ1v) is 4.60. The van der Waals surface area contributed by atoms with Gasteiger partial charge in [0.2, 0.25) is 0 Å². The zero-order valence-electron chi connectivity index (χ0n) is 8.73. The van der Waals surface area contributed by atoms with Gasteiger partial charge in [0.1, 0.15) is 0 Å². The summed E-state index contributed by atoms with van der Waals surface area (Å²) in [5.41, 5.74) is 5.69. The Labute approximate surface area is 99.0 Å². The first kappa shape index (κ1) is 11.5. The van der Waals surface area contributed by atoms with Crippen LogP contribution in [0.3, 0.4) is 0 Å². The van der Waals surface area contributed by atoms with E-state index in [4.69, 9.17) is 15.4 Å². The number of nitrogens with two attached hydrogens (primary N) is 1. The molecule has 0 saturated heterocycles. The van der Waals surface area contributed by atoms with Gasteiger partial charge in [-0.15, -0.1) is 0 Å². The molecule has 2 aromatic rings. The van der Waals surface area contributed by atoms with E-state index in [9.17, 15) is 14.9 Å². The minimum absolute atomic E-state index is 0.0461. The Hall–Kier alpha value is -2.97. The standard InChI is InChI=1S/C9H6N4O5/c10-6-3-4(13(16)17)1-2-5(6)8-11-7(9(14)15)12-18-8/h1-3H,10H2,(H,14,15). The highest BCUT2D eigenvalue weighted by atomic mass is 16.6. The third-order valence-electron chi connectivity index (χ3n) is 2.09. The van der Waals surface area contributed by atoms with E-state index in [2.05, 4.69) is 10.1 Å². The van der Waals surface area contributed by atoms with E-state index in [0.29, 0.717) is 0 Å². The Morgan fingerprint density at radius 2 is 2.22 bits per heavy atom. The van der Waals surface area contributed by atoms with Crippen molar-refractivity contribution in [1.82, 2.24) is 10.1 Å². The predicted molar refractivity (Wildman–Crippen MR) is 57.8 cm³/mol. The molecule has 1 heterocycles. The quantitative estimate of drug-likeness (QED) is 0.464. The number of anilines is 1. The van der Waals surface area contributed by atoms with Gasteiger partial charge in [0.05, 0.1) is 16.2 Å². The van der Waals surface area contributed by atoms with Crippen LogP contribution in [0, 0.1) is 10.1 Å². The Morgan fingerprint density at radius 3 is 2.72 bits per heavy atom. The van der Waals surface area contributed by atoms with Crippen molar-refractivity contribution >= 4 is 17.3 Å². The van der Waals surface area contributed by atoms with Crippen LogP contribution in [0.15, 0.2) is 22.7 Å². The molecular weight excluding hydrogens is 244 g/mol. The Balaban J connectivity index is 2.44. The third-order valence-corrected chi connectivity index (χ3v) is 2.09. The second-order valence-electron chi connectivity index (χ2n) is 3.26. The molecule has 0 atom stereocenters. The number of carbonyl (C=O) groups is 1. The van der Waals surface area contributed by atoms with Crippen LogP contribution in [-0.4, -0.2) is 26.1 Å². The van der Waals surface area contributed by atoms with Gasteiger partial charge in [0.15, 0.2) is 0 Å². The zero-order valence-corrected chi connectivity index (χ0v) is 8.73. The van der Waals surface area contributed by atoms with Crippen molar-refractivity contribution in [3.05, 3.63) is 34.1 Å². The first-order chi connectivity index (χ1) is 8.49. The highest BCUT2D eigenvalue weighted by Crippen LogP contribution is 2.27. The number of hydrogen-bond donors (Lipinski definition) is 2. The first-order valence-electron chi connectivity index (χ1n) is 4.60. The molecular formula is C9H6N4O5. The van der Waals surface area contributed by atoms with Crippen LogP contribution in [0.25, 0.3) is 11.5 Å². The summed E-state index contributed by atoms with van der Waals surface area (Å²) in [7, 11) is 0. The number of carboxylic acid groups (broad SMARTS) is 1. The summed E-state index contributed by atoms with van der Waals surface area (Å²) >= 11 is 0. The number of nitrogens with zero attached hydrogens (tertiary/aromatic N) is 3. The molecule has 9 heteroatoms. The van der Waals surface area contributed by atoms with Crippen LogP contribution in [0.1, 0.15) is 10.6 Å². The lowest BCUT2D eigenvalue weighted by molar-refractivity contribution is -0.384. The Kier molecular flexibility index (Phi) is 2.64. The maximum Gasteiger partial charge on any atom is 0.377 e. The van der Waals surface area contributed by atoms with Gasteiger partial charge in [-0.2, -0.15) is 4.98 Å². The molecule has 0 aliphatic carbocycles. The topological polar surface area (TPSA) is 145 Å². The van der Waals surface area contributed by atoms with Crippen molar-refractivity contribution in [2.24, 2.45) is 0 Å². The number of nitrogen functional groups attached to an aromatic ring is 1. The smallest absolute Gasteiger partial charge is 0.377 e. The highest BCUT2D eigenvalue weighted by molar-refractivity contribution is 5.84. The summed E-state index contributed by atoms with van der Waals surface area (Å²) in [5, 5.41) is 22.4. The predicted octanol–water partition coefficient (Wildman–Crippen LogP) is 0.925. The van der Waals surface area contributed by atoms with Crippen LogP contribution in [0.4, 0.5) is 11.4 Å². The minimum Gasteiger partial charge on any atom is -0.475 e. The van der Waals surface area contributed by atoms with E-state index in [1.54, 1.807) is 0 Å². The van der Waals surface area contributed by atoms with Crippen molar-refractivity contribution in [3.63, 3.8) is 0 Å². The molecule has 0 bridgehead atoms. The molecule has 0 saturated carbocycles. The van der Waals surface area contributed by atoms with Gasteiger partial charge < -0.3 is 15.4 Å². The summed E-state index contributed by atoms with van der Waals surface area (Å²) in [6, 6.07) is 3.64. The molecule has 0 aliphatic rings. The second-order valence-corrected chi connectivity index (χ2v) is 3.26. The third kappa shape index (κ3) is 1.96. The van der Waals surface area contributed by atoms with Gasteiger partial charge in [-0.1, -0.05) is 0 Å². The lowest BCUT2D eigenvalue weighted by Crippen LogP contribution is -1.98. The number of aromatic nitrogens is 2. The van der Waals surface area contributed by atoms with Gasteiger partial charge in [-0.3, -0.25) is 10.1 Å².